The third kappa shape index (κ3) is 3.46. The Kier molecular flexibility index (Phi) is 4.78. The Hall–Kier alpha value is -3.85. The molecule has 146 valence electrons. The van der Waals surface area contributed by atoms with Crippen molar-refractivity contribution in [3.05, 3.63) is 114 Å². The zero-order valence-corrected chi connectivity index (χ0v) is 16.9. The van der Waals surface area contributed by atoms with Gasteiger partial charge in [0.15, 0.2) is 0 Å². The molecule has 0 amide bonds. The number of aryl methyl sites for hydroxylation is 1. The molecule has 5 aromatic rings. The summed E-state index contributed by atoms with van der Waals surface area (Å²) in [4.78, 5) is 0. The average Bonchev–Trinajstić information content (AvgIpc) is 3.10. The molecule has 5 rings (SSSR count). The number of fused-ring (bicyclic) bond motifs is 3. The van der Waals surface area contributed by atoms with Gasteiger partial charge >= 0.3 is 0 Å². The lowest BCUT2D eigenvalue weighted by Crippen LogP contribution is -2.15. The highest BCUT2D eigenvalue weighted by molar-refractivity contribution is 6.09. The van der Waals surface area contributed by atoms with E-state index in [4.69, 9.17) is 5.10 Å². The van der Waals surface area contributed by atoms with Gasteiger partial charge in [-0.25, -0.2) is 0 Å². The van der Waals surface area contributed by atoms with Crippen molar-refractivity contribution in [1.82, 2.24) is 4.57 Å². The van der Waals surface area contributed by atoms with Crippen LogP contribution in [0.1, 0.15) is 11.1 Å². The molecule has 4 aromatic carbocycles. The zero-order valence-electron chi connectivity index (χ0n) is 16.9. The molecule has 0 unspecified atom stereocenters. The van der Waals surface area contributed by atoms with Gasteiger partial charge in [0.05, 0.1) is 18.4 Å². The Morgan fingerprint density at radius 3 is 2.20 bits per heavy atom. The Labute approximate surface area is 176 Å². The summed E-state index contributed by atoms with van der Waals surface area (Å²) in [5.41, 5.74) is 5.87. The first kappa shape index (κ1) is 18.2. The smallest absolute Gasteiger partial charge is 0.0666 e. The van der Waals surface area contributed by atoms with E-state index in [1.165, 1.54) is 27.4 Å². The van der Waals surface area contributed by atoms with E-state index in [0.717, 1.165) is 17.8 Å². The van der Waals surface area contributed by atoms with E-state index in [1.54, 1.807) is 0 Å². The number of hydrogen-bond acceptors (Lipinski definition) is 2. The van der Waals surface area contributed by atoms with Crippen LogP contribution in [0.4, 0.5) is 5.69 Å². The minimum absolute atomic E-state index is 0.720. The number of rotatable bonds is 5. The standard InChI is InChI=1S/C27H23N3/c1-29-26-15-9-8-14-24(26)25-18-22(16-17-27(25)29)19-28-30(23-12-6-3-7-13-23)20-21-10-4-2-5-11-21/h2-19H,20H2,1H3. The van der Waals surface area contributed by atoms with Crippen molar-refractivity contribution >= 4 is 33.7 Å². The highest BCUT2D eigenvalue weighted by atomic mass is 15.4. The minimum Gasteiger partial charge on any atom is -0.344 e. The first-order valence-corrected chi connectivity index (χ1v) is 10.2. The normalized spacial score (nSPS) is 11.5. The Morgan fingerprint density at radius 1 is 0.733 bits per heavy atom. The zero-order chi connectivity index (χ0) is 20.3. The summed E-state index contributed by atoms with van der Waals surface area (Å²) in [5, 5.41) is 9.43. The lowest BCUT2D eigenvalue weighted by Gasteiger charge is -2.19. The van der Waals surface area contributed by atoms with Gasteiger partial charge in [0.25, 0.3) is 0 Å². The predicted molar refractivity (Wildman–Crippen MR) is 127 cm³/mol. The van der Waals surface area contributed by atoms with E-state index in [9.17, 15) is 0 Å². The fourth-order valence-electron chi connectivity index (χ4n) is 3.96. The summed E-state index contributed by atoms with van der Waals surface area (Å²) >= 11 is 0. The maximum atomic E-state index is 4.85. The summed E-state index contributed by atoms with van der Waals surface area (Å²) in [6.07, 6.45) is 1.96. The van der Waals surface area contributed by atoms with Crippen molar-refractivity contribution in [2.24, 2.45) is 12.1 Å². The SMILES string of the molecule is Cn1c2ccccc2c2cc(C=NN(Cc3ccccc3)c3ccccc3)ccc21. The Bertz CT molecular complexity index is 1320. The fourth-order valence-corrected chi connectivity index (χ4v) is 3.96. The molecule has 0 aliphatic carbocycles. The highest BCUT2D eigenvalue weighted by Gasteiger charge is 2.08. The third-order valence-electron chi connectivity index (χ3n) is 5.51. The average molecular weight is 390 g/mol. The van der Waals surface area contributed by atoms with Gasteiger partial charge in [-0.15, -0.1) is 0 Å². The van der Waals surface area contributed by atoms with Gasteiger partial charge < -0.3 is 4.57 Å². The first-order valence-electron chi connectivity index (χ1n) is 10.2. The van der Waals surface area contributed by atoms with E-state index in [1.807, 2.05) is 35.5 Å². The van der Waals surface area contributed by atoms with Crippen molar-refractivity contribution in [3.63, 3.8) is 0 Å². The summed E-state index contributed by atoms with van der Waals surface area (Å²) in [7, 11) is 2.12. The van der Waals surface area contributed by atoms with Gasteiger partial charge in [0, 0.05) is 28.9 Å². The van der Waals surface area contributed by atoms with Crippen molar-refractivity contribution < 1.29 is 0 Å². The monoisotopic (exact) mass is 389 g/mol. The maximum absolute atomic E-state index is 4.85. The predicted octanol–water partition coefficient (Wildman–Crippen LogP) is 6.37. The molecule has 0 aliphatic rings. The van der Waals surface area contributed by atoms with Crippen LogP contribution in [0.3, 0.4) is 0 Å². The second-order valence-electron chi connectivity index (χ2n) is 7.48. The van der Waals surface area contributed by atoms with Gasteiger partial charge in [0.1, 0.15) is 0 Å². The van der Waals surface area contributed by atoms with Crippen LogP contribution in [-0.4, -0.2) is 10.8 Å². The second kappa shape index (κ2) is 7.88. The van der Waals surface area contributed by atoms with Gasteiger partial charge in [-0.05, 0) is 41.5 Å². The van der Waals surface area contributed by atoms with Crippen molar-refractivity contribution in [3.8, 4) is 0 Å². The topological polar surface area (TPSA) is 20.5 Å². The molecule has 3 heteroatoms. The highest BCUT2D eigenvalue weighted by Crippen LogP contribution is 2.28. The van der Waals surface area contributed by atoms with Crippen LogP contribution in [0.2, 0.25) is 0 Å². The van der Waals surface area contributed by atoms with E-state index in [2.05, 4.69) is 90.5 Å². The number of benzene rings is 4. The number of hydrogen-bond donors (Lipinski definition) is 0. The quantitative estimate of drug-likeness (QED) is 0.253. The Balaban J connectivity index is 1.52. The van der Waals surface area contributed by atoms with Gasteiger partial charge in [-0.1, -0.05) is 72.8 Å². The minimum atomic E-state index is 0.720. The van der Waals surface area contributed by atoms with E-state index < -0.39 is 0 Å². The van der Waals surface area contributed by atoms with Crippen LogP contribution < -0.4 is 5.01 Å². The molecule has 0 N–H and O–H groups in total. The van der Waals surface area contributed by atoms with E-state index in [-0.39, 0.29) is 0 Å². The van der Waals surface area contributed by atoms with Crippen LogP contribution in [-0.2, 0) is 13.6 Å². The first-order chi connectivity index (χ1) is 14.8. The maximum Gasteiger partial charge on any atom is 0.0666 e. The molecular formula is C27H23N3. The number of hydrazone groups is 1. The van der Waals surface area contributed by atoms with Gasteiger partial charge in [0.2, 0.25) is 0 Å². The molecule has 0 saturated heterocycles. The molecule has 1 aromatic heterocycles. The fraction of sp³-hybridized carbons (Fsp3) is 0.0741. The number of nitrogens with zero attached hydrogens (tertiary/aromatic N) is 3. The molecular weight excluding hydrogens is 366 g/mol. The molecule has 0 fully saturated rings. The van der Waals surface area contributed by atoms with E-state index in [0.29, 0.717) is 0 Å². The van der Waals surface area contributed by atoms with Crippen molar-refractivity contribution in [1.29, 1.82) is 0 Å². The number of aromatic nitrogens is 1. The van der Waals surface area contributed by atoms with E-state index >= 15 is 0 Å². The van der Waals surface area contributed by atoms with Crippen LogP contribution in [0, 0.1) is 0 Å². The molecule has 0 aliphatic heterocycles. The molecule has 3 nitrogen and oxygen atoms in total. The van der Waals surface area contributed by atoms with Crippen LogP contribution >= 0.6 is 0 Å². The van der Waals surface area contributed by atoms with Crippen molar-refractivity contribution in [2.75, 3.05) is 5.01 Å². The molecule has 0 radical (unpaired) electrons. The molecule has 0 spiro atoms. The summed E-state index contributed by atoms with van der Waals surface area (Å²) in [6, 6.07) is 35.8. The summed E-state index contributed by atoms with van der Waals surface area (Å²) < 4.78 is 2.25. The lowest BCUT2D eigenvalue weighted by atomic mass is 10.1. The molecule has 0 saturated carbocycles. The molecule has 1 heterocycles. The van der Waals surface area contributed by atoms with Crippen molar-refractivity contribution in [2.45, 2.75) is 6.54 Å². The Morgan fingerprint density at radius 2 is 1.40 bits per heavy atom. The second-order valence-corrected chi connectivity index (χ2v) is 7.48. The molecule has 0 bridgehead atoms. The van der Waals surface area contributed by atoms with Crippen LogP contribution in [0.5, 0.6) is 0 Å². The summed E-state index contributed by atoms with van der Waals surface area (Å²) in [5.74, 6) is 0. The largest absolute Gasteiger partial charge is 0.344 e. The third-order valence-corrected chi connectivity index (χ3v) is 5.51. The van der Waals surface area contributed by atoms with Gasteiger partial charge in [-0.2, -0.15) is 5.10 Å². The van der Waals surface area contributed by atoms with Crippen LogP contribution in [0.25, 0.3) is 21.8 Å². The summed E-state index contributed by atoms with van der Waals surface area (Å²) in [6.45, 7) is 0.720. The van der Waals surface area contributed by atoms with Gasteiger partial charge in [-0.3, -0.25) is 5.01 Å². The number of anilines is 1. The molecule has 0 atom stereocenters. The van der Waals surface area contributed by atoms with Crippen LogP contribution in [0.15, 0.2) is 108 Å². The lowest BCUT2D eigenvalue weighted by molar-refractivity contribution is 0.858. The molecule has 30 heavy (non-hydrogen) atoms. The number of para-hydroxylation sites is 2.